The molecule has 0 amide bonds. The van der Waals surface area contributed by atoms with E-state index in [2.05, 4.69) is 32.4 Å². The zero-order valence-electron chi connectivity index (χ0n) is 6.56. The number of rotatable bonds is 5. The molecule has 0 heterocycles. The van der Waals surface area contributed by atoms with Gasteiger partial charge in [-0.3, -0.25) is 0 Å². The monoisotopic (exact) mass is 125 g/mol. The van der Waals surface area contributed by atoms with Crippen molar-refractivity contribution in [3.8, 4) is 0 Å². The van der Waals surface area contributed by atoms with Crippen LogP contribution in [0.2, 0.25) is 0 Å². The van der Waals surface area contributed by atoms with Gasteiger partial charge in [-0.1, -0.05) is 32.4 Å². The van der Waals surface area contributed by atoms with E-state index in [0.29, 0.717) is 0 Å². The molecule has 0 saturated carbocycles. The first kappa shape index (κ1) is 8.74. The van der Waals surface area contributed by atoms with E-state index in [1.54, 1.807) is 0 Å². The summed E-state index contributed by atoms with van der Waals surface area (Å²) in [4.78, 5) is 0. The van der Waals surface area contributed by atoms with Crippen molar-refractivity contribution in [2.24, 2.45) is 0 Å². The summed E-state index contributed by atoms with van der Waals surface area (Å²) in [5.41, 5.74) is 0. The van der Waals surface area contributed by atoms with Gasteiger partial charge in [-0.15, -0.1) is 0 Å². The van der Waals surface area contributed by atoms with Gasteiger partial charge in [0.1, 0.15) is 0 Å². The second-order valence-electron chi connectivity index (χ2n) is 2.25. The highest BCUT2D eigenvalue weighted by Gasteiger charge is 1.76. The Hall–Kier alpha value is -0.260. The van der Waals surface area contributed by atoms with E-state index in [1.807, 2.05) is 0 Å². The fourth-order valence-electron chi connectivity index (χ4n) is 0.665. The topological polar surface area (TPSA) is 0 Å². The summed E-state index contributed by atoms with van der Waals surface area (Å²) in [6.07, 6.45) is 11.7. The van der Waals surface area contributed by atoms with Gasteiger partial charge in [0.2, 0.25) is 0 Å². The highest BCUT2D eigenvalue weighted by Crippen LogP contribution is 1.96. The van der Waals surface area contributed by atoms with Crippen molar-refractivity contribution in [1.29, 1.82) is 0 Å². The van der Waals surface area contributed by atoms with Crippen molar-refractivity contribution in [2.75, 3.05) is 0 Å². The Morgan fingerprint density at radius 1 is 1.00 bits per heavy atom. The molecular weight excluding hydrogens is 108 g/mol. The van der Waals surface area contributed by atoms with Gasteiger partial charge in [-0.25, -0.2) is 0 Å². The molecule has 0 aromatic heterocycles. The molecule has 0 saturated heterocycles. The largest absolute Gasteiger partial charge is 0.0885 e. The lowest BCUT2D eigenvalue weighted by molar-refractivity contribution is 0.928. The van der Waals surface area contributed by atoms with Gasteiger partial charge in [0.05, 0.1) is 0 Å². The molecular formula is C9H17. The lowest BCUT2D eigenvalue weighted by atomic mass is 10.2. The highest BCUT2D eigenvalue weighted by molar-refractivity contribution is 4.82. The summed E-state index contributed by atoms with van der Waals surface area (Å²) in [5.74, 6) is 0. The maximum Gasteiger partial charge on any atom is -0.0348 e. The molecule has 0 fully saturated rings. The molecule has 0 aliphatic rings. The van der Waals surface area contributed by atoms with E-state index in [0.717, 1.165) is 0 Å². The lowest BCUT2D eigenvalue weighted by Gasteiger charge is -1.86. The normalized spacial score (nSPS) is 10.9. The van der Waals surface area contributed by atoms with Gasteiger partial charge in [0, 0.05) is 0 Å². The van der Waals surface area contributed by atoms with Crippen molar-refractivity contribution >= 4 is 0 Å². The van der Waals surface area contributed by atoms with Gasteiger partial charge in [0.25, 0.3) is 0 Å². The second kappa shape index (κ2) is 7.74. The standard InChI is InChI=1S/C9H17/c1-3-5-7-9-8-6-4-2/h3,8-9H,4-7H2,1-2H3. The molecule has 0 N–H and O–H groups in total. The maximum absolute atomic E-state index is 2.27. The van der Waals surface area contributed by atoms with Crippen molar-refractivity contribution in [1.82, 2.24) is 0 Å². The smallest absolute Gasteiger partial charge is 0.0348 e. The molecule has 0 rings (SSSR count). The average Bonchev–Trinajstić information content (AvgIpc) is 1.89. The molecule has 0 bridgehead atoms. The predicted octanol–water partition coefficient (Wildman–Crippen LogP) is 3.35. The summed E-state index contributed by atoms with van der Waals surface area (Å²) in [5, 5.41) is 0. The van der Waals surface area contributed by atoms with E-state index in [4.69, 9.17) is 0 Å². The average molecular weight is 125 g/mol. The number of unbranched alkanes of at least 4 members (excludes halogenated alkanes) is 3. The van der Waals surface area contributed by atoms with Crippen molar-refractivity contribution in [2.45, 2.75) is 39.5 Å². The van der Waals surface area contributed by atoms with Crippen LogP contribution in [0.3, 0.4) is 0 Å². The first-order chi connectivity index (χ1) is 4.41. The van der Waals surface area contributed by atoms with E-state index in [1.165, 1.54) is 25.7 Å². The summed E-state index contributed by atoms with van der Waals surface area (Å²) in [6.45, 7) is 4.31. The highest BCUT2D eigenvalue weighted by atomic mass is 13.8. The first-order valence-corrected chi connectivity index (χ1v) is 3.84. The molecule has 53 valence electrons. The quantitative estimate of drug-likeness (QED) is 0.390. The molecule has 0 spiro atoms. The lowest BCUT2D eigenvalue weighted by Crippen LogP contribution is -1.67. The fourth-order valence-corrected chi connectivity index (χ4v) is 0.665. The van der Waals surface area contributed by atoms with Gasteiger partial charge < -0.3 is 0 Å². The van der Waals surface area contributed by atoms with Crippen LogP contribution >= 0.6 is 0 Å². The molecule has 0 atom stereocenters. The Bertz CT molecular complexity index is 62.4. The van der Waals surface area contributed by atoms with Crippen LogP contribution in [0.4, 0.5) is 0 Å². The van der Waals surface area contributed by atoms with Gasteiger partial charge in [-0.2, -0.15) is 0 Å². The zero-order valence-corrected chi connectivity index (χ0v) is 6.56. The van der Waals surface area contributed by atoms with Crippen LogP contribution < -0.4 is 0 Å². The molecule has 0 aromatic carbocycles. The molecule has 1 radical (unpaired) electrons. The first-order valence-electron chi connectivity index (χ1n) is 3.84. The third-order valence-electron chi connectivity index (χ3n) is 1.24. The van der Waals surface area contributed by atoms with Crippen LogP contribution in [0.15, 0.2) is 12.2 Å². The Morgan fingerprint density at radius 3 is 2.22 bits per heavy atom. The van der Waals surface area contributed by atoms with E-state index >= 15 is 0 Å². The van der Waals surface area contributed by atoms with Crippen LogP contribution in [0, 0.1) is 6.42 Å². The van der Waals surface area contributed by atoms with Crippen LogP contribution in [0.5, 0.6) is 0 Å². The molecule has 0 unspecified atom stereocenters. The van der Waals surface area contributed by atoms with E-state index < -0.39 is 0 Å². The molecule has 0 nitrogen and oxygen atoms in total. The van der Waals surface area contributed by atoms with Crippen LogP contribution in [-0.2, 0) is 0 Å². The molecule has 0 aromatic rings. The summed E-state index contributed by atoms with van der Waals surface area (Å²) < 4.78 is 0. The van der Waals surface area contributed by atoms with Gasteiger partial charge in [0.15, 0.2) is 0 Å². The van der Waals surface area contributed by atoms with Gasteiger partial charge in [-0.05, 0) is 25.7 Å². The van der Waals surface area contributed by atoms with Crippen molar-refractivity contribution in [3.05, 3.63) is 18.6 Å². The van der Waals surface area contributed by atoms with Crippen molar-refractivity contribution in [3.63, 3.8) is 0 Å². The Kier molecular flexibility index (Phi) is 7.52. The molecule has 0 heteroatoms. The van der Waals surface area contributed by atoms with E-state index in [-0.39, 0.29) is 0 Å². The van der Waals surface area contributed by atoms with Crippen LogP contribution in [0.25, 0.3) is 0 Å². The Morgan fingerprint density at radius 2 is 1.67 bits per heavy atom. The third kappa shape index (κ3) is 7.74. The molecule has 9 heavy (non-hydrogen) atoms. The van der Waals surface area contributed by atoms with Crippen LogP contribution in [-0.4, -0.2) is 0 Å². The minimum Gasteiger partial charge on any atom is -0.0885 e. The predicted molar refractivity (Wildman–Crippen MR) is 43.3 cm³/mol. The summed E-state index contributed by atoms with van der Waals surface area (Å²) in [7, 11) is 0. The maximum atomic E-state index is 2.27. The SMILES string of the molecule is C[CH]CCC=CCCC. The molecule has 0 aliphatic carbocycles. The molecule has 0 aliphatic heterocycles. The minimum absolute atomic E-state index is 1.22. The zero-order chi connectivity index (χ0) is 6.95. The fraction of sp³-hybridized carbons (Fsp3) is 0.667. The number of hydrogen-bond acceptors (Lipinski definition) is 0. The Balaban J connectivity index is 2.86. The third-order valence-corrected chi connectivity index (χ3v) is 1.24. The van der Waals surface area contributed by atoms with Crippen LogP contribution in [0.1, 0.15) is 39.5 Å². The minimum atomic E-state index is 1.22. The number of hydrogen-bond donors (Lipinski definition) is 0. The van der Waals surface area contributed by atoms with Crippen molar-refractivity contribution < 1.29 is 0 Å². The second-order valence-corrected chi connectivity index (χ2v) is 2.25. The number of allylic oxidation sites excluding steroid dienone is 2. The summed E-state index contributed by atoms with van der Waals surface area (Å²) in [6, 6.07) is 0. The Labute approximate surface area is 59.0 Å². The van der Waals surface area contributed by atoms with Gasteiger partial charge >= 0.3 is 0 Å². The van der Waals surface area contributed by atoms with E-state index in [9.17, 15) is 0 Å². The summed E-state index contributed by atoms with van der Waals surface area (Å²) >= 11 is 0.